The monoisotopic (exact) mass is 91.0 g/mol. The fourth-order valence-corrected chi connectivity index (χ4v) is 0. The molecule has 0 rings (SSSR count). The maximum atomic E-state index is 3.99. The van der Waals surface area contributed by atoms with Crippen molar-refractivity contribution in [2.24, 2.45) is 0 Å². The predicted molar refractivity (Wildman–Crippen MR) is 27.5 cm³/mol. The third kappa shape index (κ3) is 4.31. The first-order valence-corrected chi connectivity index (χ1v) is 2.14. The van der Waals surface area contributed by atoms with Crippen LogP contribution in [0.15, 0.2) is 0 Å². The molecule has 1 N–H and O–H groups in total. The lowest BCUT2D eigenvalue weighted by molar-refractivity contribution is 0.812. The van der Waals surface area contributed by atoms with Gasteiger partial charge in [0.05, 0.1) is 0 Å². The van der Waals surface area contributed by atoms with Gasteiger partial charge >= 0.3 is 0 Å². The quantitative estimate of drug-likeness (QED) is 0.353. The number of nitrogens with one attached hydrogen (secondary N) is 1. The maximum Gasteiger partial charge on any atom is 0.0471 e. The van der Waals surface area contributed by atoms with E-state index >= 15 is 0 Å². The summed E-state index contributed by atoms with van der Waals surface area (Å²) in [5, 5.41) is 3.22. The Kier molecular flexibility index (Phi) is 2.70. The SMILES string of the molecule is CN[C@@H](C)S. The van der Waals surface area contributed by atoms with Crippen molar-refractivity contribution in [2.45, 2.75) is 12.3 Å². The molecule has 0 aromatic heterocycles. The Bertz CT molecular complexity index is 20.9. The van der Waals surface area contributed by atoms with E-state index in [0.717, 1.165) is 0 Å². The van der Waals surface area contributed by atoms with E-state index in [0.29, 0.717) is 5.37 Å². The first kappa shape index (κ1) is 5.31. The molecule has 0 unspecified atom stereocenters. The molecule has 0 aliphatic heterocycles. The molecule has 5 heavy (non-hydrogen) atoms. The minimum Gasteiger partial charge on any atom is -0.309 e. The topological polar surface area (TPSA) is 12.0 Å². The van der Waals surface area contributed by atoms with Crippen molar-refractivity contribution < 1.29 is 0 Å². The molecule has 0 saturated heterocycles. The Hall–Kier alpha value is 0.310. The van der Waals surface area contributed by atoms with Crippen molar-refractivity contribution in [1.82, 2.24) is 5.32 Å². The molecule has 1 atom stereocenters. The predicted octanol–water partition coefficient (Wildman–Crippen LogP) is 0.482. The van der Waals surface area contributed by atoms with Gasteiger partial charge in [0, 0.05) is 5.37 Å². The lowest BCUT2D eigenvalue weighted by atomic mass is 10.8. The first-order chi connectivity index (χ1) is 2.27. The molecular formula is C3H9NS. The van der Waals surface area contributed by atoms with Crippen LogP contribution in [0.3, 0.4) is 0 Å². The zero-order valence-corrected chi connectivity index (χ0v) is 4.42. The van der Waals surface area contributed by atoms with Crippen molar-refractivity contribution >= 4 is 12.6 Å². The summed E-state index contributed by atoms with van der Waals surface area (Å²) in [5.74, 6) is 0. The summed E-state index contributed by atoms with van der Waals surface area (Å²) >= 11 is 3.99. The fourth-order valence-electron chi connectivity index (χ4n) is 0. The Labute approximate surface area is 38.2 Å². The molecule has 32 valence electrons. The highest BCUT2D eigenvalue weighted by atomic mass is 32.1. The average Bonchev–Trinajstić information content (AvgIpc) is 1.38. The molecular weight excluding hydrogens is 82.1 g/mol. The van der Waals surface area contributed by atoms with Gasteiger partial charge in [-0.3, -0.25) is 0 Å². The third-order valence-corrected chi connectivity index (χ3v) is 0.676. The van der Waals surface area contributed by atoms with Gasteiger partial charge in [-0.1, -0.05) is 0 Å². The molecule has 0 amide bonds. The second kappa shape index (κ2) is 2.54. The molecule has 1 nitrogen and oxygen atoms in total. The van der Waals surface area contributed by atoms with Gasteiger partial charge in [-0.05, 0) is 14.0 Å². The van der Waals surface area contributed by atoms with Gasteiger partial charge in [0.15, 0.2) is 0 Å². The molecule has 0 aliphatic carbocycles. The number of hydrogen-bond acceptors (Lipinski definition) is 2. The summed E-state index contributed by atoms with van der Waals surface area (Å²) in [6, 6.07) is 0. The van der Waals surface area contributed by atoms with Gasteiger partial charge in [-0.2, -0.15) is 12.6 Å². The van der Waals surface area contributed by atoms with Crippen LogP contribution in [0.25, 0.3) is 0 Å². The molecule has 0 bridgehead atoms. The van der Waals surface area contributed by atoms with E-state index in [1.54, 1.807) is 0 Å². The summed E-state index contributed by atoms with van der Waals surface area (Å²) in [6.07, 6.45) is 0. The number of hydrogen-bond donors (Lipinski definition) is 2. The standard InChI is InChI=1S/C3H9NS/c1-3(5)4-2/h3-5H,1-2H3/t3-/m1/s1. The molecule has 2 heteroatoms. The van der Waals surface area contributed by atoms with E-state index in [1.165, 1.54) is 0 Å². The highest BCUT2D eigenvalue weighted by Gasteiger charge is 1.77. The van der Waals surface area contributed by atoms with Crippen LogP contribution < -0.4 is 5.32 Å². The lowest BCUT2D eigenvalue weighted by Gasteiger charge is -1.94. The Morgan fingerprint density at radius 1 is 1.80 bits per heavy atom. The van der Waals surface area contributed by atoms with Crippen LogP contribution in [0.1, 0.15) is 6.92 Å². The molecule has 0 spiro atoms. The van der Waals surface area contributed by atoms with E-state index < -0.39 is 0 Å². The Morgan fingerprint density at radius 2 is 2.00 bits per heavy atom. The smallest absolute Gasteiger partial charge is 0.0471 e. The Balaban J connectivity index is 2.54. The van der Waals surface area contributed by atoms with Crippen LogP contribution >= 0.6 is 12.6 Å². The number of thiol groups is 1. The molecule has 0 aliphatic rings. The molecule has 0 radical (unpaired) electrons. The van der Waals surface area contributed by atoms with Crippen molar-refractivity contribution in [3.05, 3.63) is 0 Å². The van der Waals surface area contributed by atoms with Gasteiger partial charge in [-0.15, -0.1) is 0 Å². The molecule has 0 aromatic carbocycles. The molecule has 0 aromatic rings. The third-order valence-electron chi connectivity index (χ3n) is 0.418. The van der Waals surface area contributed by atoms with Crippen LogP contribution in [-0.4, -0.2) is 12.4 Å². The van der Waals surface area contributed by atoms with Gasteiger partial charge < -0.3 is 5.32 Å². The Morgan fingerprint density at radius 3 is 2.00 bits per heavy atom. The molecule has 0 saturated carbocycles. The highest BCUT2D eigenvalue weighted by Crippen LogP contribution is 1.79. The van der Waals surface area contributed by atoms with Crippen LogP contribution in [0.5, 0.6) is 0 Å². The van der Waals surface area contributed by atoms with Gasteiger partial charge in [0.2, 0.25) is 0 Å². The average molecular weight is 91.2 g/mol. The van der Waals surface area contributed by atoms with E-state index in [-0.39, 0.29) is 0 Å². The summed E-state index contributed by atoms with van der Waals surface area (Å²) < 4.78 is 0. The molecule has 0 heterocycles. The zero-order chi connectivity index (χ0) is 4.28. The lowest BCUT2D eigenvalue weighted by Crippen LogP contribution is -2.12. The minimum absolute atomic E-state index is 0.329. The van der Waals surface area contributed by atoms with Gasteiger partial charge in [-0.25, -0.2) is 0 Å². The van der Waals surface area contributed by atoms with Crippen molar-refractivity contribution in [2.75, 3.05) is 7.05 Å². The first-order valence-electron chi connectivity index (χ1n) is 1.62. The highest BCUT2D eigenvalue weighted by molar-refractivity contribution is 7.80. The van der Waals surface area contributed by atoms with Gasteiger partial charge in [0.1, 0.15) is 0 Å². The van der Waals surface area contributed by atoms with Crippen LogP contribution in [0.4, 0.5) is 0 Å². The van der Waals surface area contributed by atoms with Crippen LogP contribution in [0, 0.1) is 0 Å². The van der Waals surface area contributed by atoms with Crippen molar-refractivity contribution in [3.8, 4) is 0 Å². The minimum atomic E-state index is 0.329. The molecule has 0 fully saturated rings. The largest absolute Gasteiger partial charge is 0.309 e. The second-order valence-corrected chi connectivity index (χ2v) is 1.74. The summed E-state index contributed by atoms with van der Waals surface area (Å²) in [7, 11) is 1.87. The van der Waals surface area contributed by atoms with E-state index in [4.69, 9.17) is 0 Å². The summed E-state index contributed by atoms with van der Waals surface area (Å²) in [5.41, 5.74) is 0. The summed E-state index contributed by atoms with van der Waals surface area (Å²) in [4.78, 5) is 0. The van der Waals surface area contributed by atoms with Crippen LogP contribution in [-0.2, 0) is 0 Å². The summed E-state index contributed by atoms with van der Waals surface area (Å²) in [6.45, 7) is 1.98. The normalized spacial score (nSPS) is 15.0. The maximum absolute atomic E-state index is 3.99. The van der Waals surface area contributed by atoms with Crippen molar-refractivity contribution in [1.29, 1.82) is 0 Å². The second-order valence-electron chi connectivity index (χ2n) is 0.965. The van der Waals surface area contributed by atoms with Crippen molar-refractivity contribution in [3.63, 3.8) is 0 Å². The van der Waals surface area contributed by atoms with Gasteiger partial charge in [0.25, 0.3) is 0 Å². The van der Waals surface area contributed by atoms with E-state index in [1.807, 2.05) is 14.0 Å². The van der Waals surface area contributed by atoms with E-state index in [2.05, 4.69) is 17.9 Å². The van der Waals surface area contributed by atoms with Crippen LogP contribution in [0.2, 0.25) is 0 Å². The number of rotatable bonds is 1. The zero-order valence-electron chi connectivity index (χ0n) is 3.52. The fraction of sp³-hybridized carbons (Fsp3) is 1.00. The van der Waals surface area contributed by atoms with E-state index in [9.17, 15) is 0 Å².